The molecule has 41 heavy (non-hydrogen) atoms. The zero-order valence-electron chi connectivity index (χ0n) is 24.3. The molecule has 220 valence electrons. The van der Waals surface area contributed by atoms with Crippen molar-refractivity contribution in [1.29, 1.82) is 0 Å². The Morgan fingerprint density at radius 2 is 1.44 bits per heavy atom. The summed E-state index contributed by atoms with van der Waals surface area (Å²) in [4.78, 5) is 55.1. The molecule has 1 heterocycles. The minimum absolute atomic E-state index is 0.0399. The average Bonchev–Trinajstić information content (AvgIpc) is 3.29. The Labute approximate surface area is 240 Å². The number of rotatable bonds is 12. The second-order valence-electron chi connectivity index (χ2n) is 11.6. The van der Waals surface area contributed by atoms with Crippen LogP contribution in [0.3, 0.4) is 0 Å². The number of nitrogens with one attached hydrogen (secondary N) is 4. The van der Waals surface area contributed by atoms with Gasteiger partial charge >= 0.3 is 6.09 Å². The number of amides is 4. The zero-order valence-corrected chi connectivity index (χ0v) is 24.3. The van der Waals surface area contributed by atoms with Crippen LogP contribution in [0, 0.1) is 5.92 Å². The van der Waals surface area contributed by atoms with Crippen LogP contribution >= 0.6 is 0 Å². The molecular formula is C31H41N5O5. The molecule has 0 aliphatic heterocycles. The fourth-order valence-corrected chi connectivity index (χ4v) is 4.50. The lowest BCUT2D eigenvalue weighted by Crippen LogP contribution is -2.57. The van der Waals surface area contributed by atoms with Crippen LogP contribution in [-0.4, -0.2) is 52.5 Å². The molecule has 0 aliphatic carbocycles. The predicted molar refractivity (Wildman–Crippen MR) is 158 cm³/mol. The average molecular weight is 564 g/mol. The molecule has 10 heteroatoms. The highest BCUT2D eigenvalue weighted by Crippen LogP contribution is 2.20. The number of carbonyl (C=O) groups excluding carboxylic acids is 4. The van der Waals surface area contributed by atoms with E-state index in [4.69, 9.17) is 10.5 Å². The summed E-state index contributed by atoms with van der Waals surface area (Å²) in [5, 5.41) is 9.10. The van der Waals surface area contributed by atoms with E-state index in [1.807, 2.05) is 68.4 Å². The maximum atomic E-state index is 13.7. The van der Waals surface area contributed by atoms with Gasteiger partial charge in [-0.05, 0) is 50.3 Å². The molecule has 1 aromatic heterocycles. The molecule has 6 N–H and O–H groups in total. The molecule has 2 aromatic carbocycles. The van der Waals surface area contributed by atoms with E-state index >= 15 is 0 Å². The minimum Gasteiger partial charge on any atom is -0.444 e. The Balaban J connectivity index is 1.81. The summed E-state index contributed by atoms with van der Waals surface area (Å²) < 4.78 is 5.41. The Hall–Kier alpha value is -4.34. The van der Waals surface area contributed by atoms with Crippen molar-refractivity contribution in [3.63, 3.8) is 0 Å². The Morgan fingerprint density at radius 3 is 2.07 bits per heavy atom. The molecule has 0 radical (unpaired) electrons. The number of ether oxygens (including phenoxy) is 1. The molecule has 4 amide bonds. The van der Waals surface area contributed by atoms with Crippen LogP contribution in [0.15, 0.2) is 60.8 Å². The van der Waals surface area contributed by atoms with E-state index < -0.39 is 47.5 Å². The second kappa shape index (κ2) is 13.8. The van der Waals surface area contributed by atoms with Gasteiger partial charge in [-0.15, -0.1) is 0 Å². The predicted octanol–water partition coefficient (Wildman–Crippen LogP) is 3.35. The van der Waals surface area contributed by atoms with Crippen molar-refractivity contribution >= 4 is 34.7 Å². The number of carbonyl (C=O) groups is 4. The first kappa shape index (κ1) is 31.2. The van der Waals surface area contributed by atoms with E-state index in [9.17, 15) is 19.2 Å². The van der Waals surface area contributed by atoms with Crippen LogP contribution in [0.25, 0.3) is 10.9 Å². The van der Waals surface area contributed by atoms with E-state index in [0.29, 0.717) is 6.42 Å². The van der Waals surface area contributed by atoms with E-state index in [2.05, 4.69) is 20.9 Å². The van der Waals surface area contributed by atoms with Gasteiger partial charge in [0.1, 0.15) is 23.7 Å². The molecule has 3 aromatic rings. The third kappa shape index (κ3) is 9.66. The molecule has 0 saturated heterocycles. The lowest BCUT2D eigenvalue weighted by Gasteiger charge is -2.27. The number of nitrogens with two attached hydrogens (primary N) is 1. The molecule has 0 aliphatic rings. The maximum absolute atomic E-state index is 13.7. The number of aromatic amines is 1. The number of aromatic nitrogens is 1. The summed E-state index contributed by atoms with van der Waals surface area (Å²) in [6, 6.07) is 13.9. The molecule has 10 nitrogen and oxygen atoms in total. The van der Waals surface area contributed by atoms with E-state index in [-0.39, 0.29) is 18.8 Å². The van der Waals surface area contributed by atoms with Crippen molar-refractivity contribution in [2.24, 2.45) is 11.7 Å². The molecule has 0 saturated carbocycles. The third-order valence-electron chi connectivity index (χ3n) is 6.39. The van der Waals surface area contributed by atoms with Crippen molar-refractivity contribution in [3.05, 3.63) is 71.9 Å². The van der Waals surface area contributed by atoms with Crippen molar-refractivity contribution in [2.75, 3.05) is 0 Å². The minimum atomic E-state index is -1.04. The number of benzene rings is 2. The fourth-order valence-electron chi connectivity index (χ4n) is 4.50. The Bertz CT molecular complexity index is 1350. The fraction of sp³-hybridized carbons (Fsp3) is 0.419. The zero-order chi connectivity index (χ0) is 30.2. The summed E-state index contributed by atoms with van der Waals surface area (Å²) in [6.07, 6.45) is 1.72. The van der Waals surface area contributed by atoms with Crippen LogP contribution in [0.5, 0.6) is 0 Å². The topological polar surface area (TPSA) is 155 Å². The van der Waals surface area contributed by atoms with Gasteiger partial charge < -0.3 is 31.4 Å². The normalized spacial score (nSPS) is 13.7. The number of fused-ring (bicyclic) bond motifs is 1. The van der Waals surface area contributed by atoms with Gasteiger partial charge in [0, 0.05) is 29.9 Å². The molecular weight excluding hydrogens is 522 g/mol. The molecule has 0 bridgehead atoms. The van der Waals surface area contributed by atoms with E-state index in [1.54, 1.807) is 27.0 Å². The first-order valence-electron chi connectivity index (χ1n) is 13.8. The Kier molecular flexibility index (Phi) is 10.5. The molecule has 3 atom stereocenters. The number of H-pyrrole nitrogens is 1. The van der Waals surface area contributed by atoms with Crippen LogP contribution in [0.1, 0.15) is 52.2 Å². The van der Waals surface area contributed by atoms with E-state index in [0.717, 1.165) is 22.0 Å². The monoisotopic (exact) mass is 563 g/mol. The number of para-hydroxylation sites is 1. The van der Waals surface area contributed by atoms with Gasteiger partial charge in [0.2, 0.25) is 17.7 Å². The largest absolute Gasteiger partial charge is 0.444 e. The molecule has 0 fully saturated rings. The number of hydrogen-bond donors (Lipinski definition) is 5. The number of hydrogen-bond acceptors (Lipinski definition) is 5. The Morgan fingerprint density at radius 1 is 0.829 bits per heavy atom. The van der Waals surface area contributed by atoms with Crippen LogP contribution in [-0.2, 0) is 32.0 Å². The molecule has 3 rings (SSSR count). The maximum Gasteiger partial charge on any atom is 0.408 e. The van der Waals surface area contributed by atoms with Gasteiger partial charge in [-0.25, -0.2) is 4.79 Å². The highest BCUT2D eigenvalue weighted by molar-refractivity contribution is 5.94. The second-order valence-corrected chi connectivity index (χ2v) is 11.6. The van der Waals surface area contributed by atoms with Gasteiger partial charge in [-0.3, -0.25) is 14.4 Å². The van der Waals surface area contributed by atoms with Crippen molar-refractivity contribution < 1.29 is 23.9 Å². The van der Waals surface area contributed by atoms with Crippen molar-refractivity contribution in [3.8, 4) is 0 Å². The third-order valence-corrected chi connectivity index (χ3v) is 6.39. The van der Waals surface area contributed by atoms with Crippen molar-refractivity contribution in [1.82, 2.24) is 20.9 Å². The molecule has 0 unspecified atom stereocenters. The van der Waals surface area contributed by atoms with Crippen molar-refractivity contribution in [2.45, 2.75) is 77.6 Å². The lowest BCUT2D eigenvalue weighted by molar-refractivity contribution is -0.132. The van der Waals surface area contributed by atoms with Crippen LogP contribution in [0.2, 0.25) is 0 Å². The number of primary amides is 1. The molecule has 0 spiro atoms. The quantitative estimate of drug-likeness (QED) is 0.229. The highest BCUT2D eigenvalue weighted by Gasteiger charge is 2.31. The van der Waals surface area contributed by atoms with Crippen LogP contribution < -0.4 is 21.7 Å². The van der Waals surface area contributed by atoms with Gasteiger partial charge in [0.15, 0.2) is 0 Å². The summed E-state index contributed by atoms with van der Waals surface area (Å²) in [7, 11) is 0. The first-order valence-corrected chi connectivity index (χ1v) is 13.8. The summed E-state index contributed by atoms with van der Waals surface area (Å²) in [6.45, 7) is 9.04. The standard InChI is InChI=1S/C31H41N5O5/c1-19(2)15-25(28(38)34-24(27(32)37)16-20-11-7-6-8-12-20)35-29(39)26(36-30(40)41-31(3,4)5)17-21-18-33-23-14-10-9-13-22(21)23/h6-14,18-19,24-26,33H,15-17H2,1-5H3,(H2,32,37)(H,34,38)(H,35,39)(H,36,40)/t24-,25-,26-/m1/s1. The summed E-state index contributed by atoms with van der Waals surface area (Å²) in [5.74, 6) is -1.73. The van der Waals surface area contributed by atoms with Gasteiger partial charge in [-0.1, -0.05) is 62.4 Å². The van der Waals surface area contributed by atoms with Gasteiger partial charge in [-0.2, -0.15) is 0 Å². The van der Waals surface area contributed by atoms with Gasteiger partial charge in [0.05, 0.1) is 0 Å². The first-order chi connectivity index (χ1) is 19.3. The van der Waals surface area contributed by atoms with Gasteiger partial charge in [0.25, 0.3) is 0 Å². The van der Waals surface area contributed by atoms with Crippen LogP contribution in [0.4, 0.5) is 4.79 Å². The lowest BCUT2D eigenvalue weighted by atomic mass is 10.00. The SMILES string of the molecule is CC(C)C[C@@H](NC(=O)[C@@H](Cc1c[nH]c2ccccc12)NC(=O)OC(C)(C)C)C(=O)N[C@H](Cc1ccccc1)C(N)=O. The summed E-state index contributed by atoms with van der Waals surface area (Å²) >= 11 is 0. The smallest absolute Gasteiger partial charge is 0.408 e. The highest BCUT2D eigenvalue weighted by atomic mass is 16.6. The number of alkyl carbamates (subject to hydrolysis) is 1. The van der Waals surface area contributed by atoms with E-state index in [1.165, 1.54) is 0 Å². The summed E-state index contributed by atoms with van der Waals surface area (Å²) in [5.41, 5.74) is 7.38.